The van der Waals surface area contributed by atoms with Crippen molar-refractivity contribution in [1.29, 1.82) is 5.26 Å². The molecule has 1 heterocycles. The van der Waals surface area contributed by atoms with Crippen LogP contribution in [0.3, 0.4) is 0 Å². The molecule has 0 atom stereocenters. The van der Waals surface area contributed by atoms with Crippen LogP contribution in [0.2, 0.25) is 0 Å². The highest BCUT2D eigenvalue weighted by molar-refractivity contribution is 5.47. The second-order valence-corrected chi connectivity index (χ2v) is 7.85. The molecule has 0 aromatic heterocycles. The van der Waals surface area contributed by atoms with Gasteiger partial charge in [-0.3, -0.25) is 0 Å². The number of nitriles is 1. The molecular formula is C21H28N2O2. The van der Waals surface area contributed by atoms with Crippen LogP contribution in [0.4, 0.5) is 0 Å². The maximum absolute atomic E-state index is 10.00. The molecule has 1 aromatic carbocycles. The minimum absolute atomic E-state index is 0.291. The zero-order valence-electron chi connectivity index (χ0n) is 15.2. The minimum Gasteiger partial charge on any atom is -0.493 e. The number of hydrogen-bond donors (Lipinski definition) is 0. The van der Waals surface area contributed by atoms with Crippen molar-refractivity contribution in [3.05, 3.63) is 23.8 Å². The Hall–Kier alpha value is -1.73. The average Bonchev–Trinajstić information content (AvgIpc) is 3.39. The summed E-state index contributed by atoms with van der Waals surface area (Å²) in [5.41, 5.74) is 0.713. The van der Waals surface area contributed by atoms with Crippen molar-refractivity contribution < 1.29 is 9.47 Å². The summed E-state index contributed by atoms with van der Waals surface area (Å²) in [6.07, 6.45) is 9.50. The number of methoxy groups -OCH3 is 1. The van der Waals surface area contributed by atoms with E-state index >= 15 is 0 Å². The van der Waals surface area contributed by atoms with E-state index < -0.39 is 0 Å². The van der Waals surface area contributed by atoms with E-state index in [1.807, 2.05) is 6.07 Å². The highest BCUT2D eigenvalue weighted by Crippen LogP contribution is 2.42. The fourth-order valence-electron chi connectivity index (χ4n) is 4.43. The SMILES string of the molecule is COc1ccc(C2(C#N)CCN(C3CC3)CC2)cc1OC1CCCC1. The van der Waals surface area contributed by atoms with Gasteiger partial charge in [0.25, 0.3) is 0 Å². The van der Waals surface area contributed by atoms with E-state index in [0.29, 0.717) is 6.10 Å². The molecule has 0 unspecified atom stereocenters. The Labute approximate surface area is 150 Å². The number of likely N-dealkylation sites (tertiary alicyclic amines) is 1. The number of rotatable bonds is 5. The third-order valence-electron chi connectivity index (χ3n) is 6.24. The molecule has 3 aliphatic rings. The Balaban J connectivity index is 1.56. The van der Waals surface area contributed by atoms with Crippen molar-refractivity contribution in [2.75, 3.05) is 20.2 Å². The van der Waals surface area contributed by atoms with E-state index in [2.05, 4.69) is 23.1 Å². The van der Waals surface area contributed by atoms with Crippen LogP contribution in [0.1, 0.15) is 56.9 Å². The second kappa shape index (κ2) is 6.88. The molecule has 4 heteroatoms. The Morgan fingerprint density at radius 3 is 2.40 bits per heavy atom. The summed E-state index contributed by atoms with van der Waals surface area (Å²) in [7, 11) is 1.69. The molecule has 0 bridgehead atoms. The summed E-state index contributed by atoms with van der Waals surface area (Å²) in [4.78, 5) is 2.56. The van der Waals surface area contributed by atoms with Crippen LogP contribution in [-0.4, -0.2) is 37.2 Å². The van der Waals surface area contributed by atoms with Crippen molar-refractivity contribution in [3.8, 4) is 17.6 Å². The van der Waals surface area contributed by atoms with E-state index in [4.69, 9.17) is 9.47 Å². The lowest BCUT2D eigenvalue weighted by Crippen LogP contribution is -2.42. The molecule has 1 aliphatic heterocycles. The number of benzene rings is 1. The van der Waals surface area contributed by atoms with Gasteiger partial charge in [0.15, 0.2) is 11.5 Å². The predicted octanol–water partition coefficient (Wildman–Crippen LogP) is 4.04. The molecule has 0 spiro atoms. The van der Waals surface area contributed by atoms with E-state index in [1.165, 1.54) is 25.7 Å². The molecule has 1 aromatic rings. The first-order valence-corrected chi connectivity index (χ1v) is 9.74. The molecule has 4 rings (SSSR count). The van der Waals surface area contributed by atoms with Crippen LogP contribution >= 0.6 is 0 Å². The van der Waals surface area contributed by atoms with Gasteiger partial charge in [-0.05, 0) is 69.1 Å². The lowest BCUT2D eigenvalue weighted by Gasteiger charge is -2.38. The van der Waals surface area contributed by atoms with Gasteiger partial charge < -0.3 is 14.4 Å². The van der Waals surface area contributed by atoms with Crippen molar-refractivity contribution in [1.82, 2.24) is 4.90 Å². The van der Waals surface area contributed by atoms with Crippen LogP contribution in [0, 0.1) is 11.3 Å². The third kappa shape index (κ3) is 3.35. The van der Waals surface area contributed by atoms with Gasteiger partial charge in [-0.15, -0.1) is 0 Å². The molecule has 4 nitrogen and oxygen atoms in total. The third-order valence-corrected chi connectivity index (χ3v) is 6.24. The van der Waals surface area contributed by atoms with Crippen molar-refractivity contribution in [3.63, 3.8) is 0 Å². The smallest absolute Gasteiger partial charge is 0.161 e. The summed E-state index contributed by atoms with van der Waals surface area (Å²) in [5, 5.41) is 10.00. The van der Waals surface area contributed by atoms with E-state index in [0.717, 1.165) is 61.9 Å². The van der Waals surface area contributed by atoms with E-state index in [-0.39, 0.29) is 5.41 Å². The molecule has 0 amide bonds. The first kappa shape index (κ1) is 16.7. The summed E-state index contributed by atoms with van der Waals surface area (Å²) < 4.78 is 11.7. The molecule has 3 fully saturated rings. The number of piperidine rings is 1. The fraction of sp³-hybridized carbons (Fsp3) is 0.667. The highest BCUT2D eigenvalue weighted by atomic mass is 16.5. The topological polar surface area (TPSA) is 45.5 Å². The Morgan fingerprint density at radius 2 is 1.80 bits per heavy atom. The van der Waals surface area contributed by atoms with Crippen LogP contribution in [0.15, 0.2) is 18.2 Å². The largest absolute Gasteiger partial charge is 0.493 e. The summed E-state index contributed by atoms with van der Waals surface area (Å²) in [6.45, 7) is 2.06. The normalized spacial score (nSPS) is 24.0. The number of nitrogens with zero attached hydrogens (tertiary/aromatic N) is 2. The quantitative estimate of drug-likeness (QED) is 0.811. The first-order chi connectivity index (χ1) is 12.2. The zero-order valence-corrected chi connectivity index (χ0v) is 15.2. The second-order valence-electron chi connectivity index (χ2n) is 7.85. The van der Waals surface area contributed by atoms with Gasteiger partial charge in [-0.2, -0.15) is 5.26 Å². The van der Waals surface area contributed by atoms with Gasteiger partial charge in [0, 0.05) is 19.1 Å². The highest BCUT2D eigenvalue weighted by Gasteiger charge is 2.40. The predicted molar refractivity (Wildman–Crippen MR) is 97.0 cm³/mol. The van der Waals surface area contributed by atoms with Gasteiger partial charge in [-0.25, -0.2) is 0 Å². The summed E-state index contributed by atoms with van der Waals surface area (Å²) >= 11 is 0. The van der Waals surface area contributed by atoms with Gasteiger partial charge in [0.1, 0.15) is 0 Å². The van der Waals surface area contributed by atoms with Crippen LogP contribution < -0.4 is 9.47 Å². The standard InChI is InChI=1S/C21H28N2O2/c1-24-19-9-6-16(14-20(19)25-18-4-2-3-5-18)21(15-22)10-12-23(13-11-21)17-7-8-17/h6,9,14,17-18H,2-5,7-8,10-13H2,1H3. The van der Waals surface area contributed by atoms with Gasteiger partial charge >= 0.3 is 0 Å². The molecular weight excluding hydrogens is 312 g/mol. The Bertz CT molecular complexity index is 648. The lowest BCUT2D eigenvalue weighted by atomic mass is 9.74. The van der Waals surface area contributed by atoms with Gasteiger partial charge in [-0.1, -0.05) is 6.07 Å². The Morgan fingerprint density at radius 1 is 1.08 bits per heavy atom. The number of ether oxygens (including phenoxy) is 2. The van der Waals surface area contributed by atoms with Crippen LogP contribution in [-0.2, 0) is 5.41 Å². The molecule has 25 heavy (non-hydrogen) atoms. The molecule has 0 N–H and O–H groups in total. The number of hydrogen-bond acceptors (Lipinski definition) is 4. The minimum atomic E-state index is -0.383. The Kier molecular flexibility index (Phi) is 4.60. The van der Waals surface area contributed by atoms with Crippen molar-refractivity contribution in [2.24, 2.45) is 0 Å². The lowest BCUT2D eigenvalue weighted by molar-refractivity contribution is 0.176. The summed E-state index contributed by atoms with van der Waals surface area (Å²) in [6, 6.07) is 9.56. The molecule has 0 radical (unpaired) electrons. The maximum atomic E-state index is 10.00. The van der Waals surface area contributed by atoms with Crippen LogP contribution in [0.5, 0.6) is 11.5 Å². The van der Waals surface area contributed by atoms with Crippen molar-refractivity contribution in [2.45, 2.75) is 68.9 Å². The van der Waals surface area contributed by atoms with Gasteiger partial charge in [0.05, 0.1) is 24.7 Å². The molecule has 1 saturated heterocycles. The first-order valence-electron chi connectivity index (χ1n) is 9.74. The van der Waals surface area contributed by atoms with E-state index in [1.54, 1.807) is 7.11 Å². The van der Waals surface area contributed by atoms with Crippen molar-refractivity contribution >= 4 is 0 Å². The molecule has 134 valence electrons. The monoisotopic (exact) mass is 340 g/mol. The summed E-state index contributed by atoms with van der Waals surface area (Å²) in [5.74, 6) is 1.59. The molecule has 2 aliphatic carbocycles. The maximum Gasteiger partial charge on any atom is 0.161 e. The fourth-order valence-corrected chi connectivity index (χ4v) is 4.43. The van der Waals surface area contributed by atoms with Crippen LogP contribution in [0.25, 0.3) is 0 Å². The average molecular weight is 340 g/mol. The zero-order chi connectivity index (χ0) is 17.3. The van der Waals surface area contributed by atoms with E-state index in [9.17, 15) is 5.26 Å². The molecule has 2 saturated carbocycles. The van der Waals surface area contributed by atoms with Gasteiger partial charge in [0.2, 0.25) is 0 Å².